The molecule has 31 valence electrons. The van der Waals surface area contributed by atoms with E-state index in [0.29, 0.717) is 0 Å². The van der Waals surface area contributed by atoms with Crippen LogP contribution in [-0.4, -0.2) is 6.21 Å². The van der Waals surface area contributed by atoms with E-state index < -0.39 is 0 Å². The Morgan fingerprint density at radius 2 is 2.83 bits per heavy atom. The highest BCUT2D eigenvalue weighted by Gasteiger charge is 1.79. The van der Waals surface area contributed by atoms with E-state index in [4.69, 9.17) is 0 Å². The fraction of sp³-hybridized carbons (Fsp3) is 0. The Morgan fingerprint density at radius 1 is 1.83 bits per heavy atom. The standard InChI is InChI=1S/C3H2NOS/c1-2-4-6-5-3-1/h2-3H. The molecule has 0 fully saturated rings. The molecular formula is C3H2NOS. The van der Waals surface area contributed by atoms with Crippen LogP contribution in [0.1, 0.15) is 0 Å². The molecule has 0 aliphatic carbocycles. The smallest absolute Gasteiger partial charge is 0.200 e. The molecule has 1 aliphatic rings. The van der Waals surface area contributed by atoms with Crippen LogP contribution in [-0.2, 0) is 4.18 Å². The maximum atomic E-state index is 4.55. The van der Waals surface area contributed by atoms with E-state index in [1.807, 2.05) is 0 Å². The number of rotatable bonds is 0. The first-order chi connectivity index (χ1) is 3.00. The van der Waals surface area contributed by atoms with Gasteiger partial charge >= 0.3 is 0 Å². The third-order valence-corrected chi connectivity index (χ3v) is 0.703. The molecule has 0 atom stereocenters. The predicted molar refractivity (Wildman–Crippen MR) is 25.0 cm³/mol. The Balaban J connectivity index is 2.46. The van der Waals surface area contributed by atoms with Gasteiger partial charge in [0.1, 0.15) is 6.26 Å². The molecule has 0 unspecified atom stereocenters. The van der Waals surface area contributed by atoms with Crippen molar-refractivity contribution in [3.63, 3.8) is 0 Å². The van der Waals surface area contributed by atoms with Crippen molar-refractivity contribution in [2.24, 2.45) is 4.40 Å². The van der Waals surface area contributed by atoms with Gasteiger partial charge in [-0.2, -0.15) is 4.40 Å². The second kappa shape index (κ2) is 1.87. The Morgan fingerprint density at radius 3 is 3.00 bits per heavy atom. The van der Waals surface area contributed by atoms with Gasteiger partial charge in [0, 0.05) is 12.3 Å². The van der Waals surface area contributed by atoms with Crippen LogP contribution in [0.25, 0.3) is 0 Å². The first-order valence-electron chi connectivity index (χ1n) is 1.42. The molecule has 0 aromatic rings. The molecule has 0 amide bonds. The van der Waals surface area contributed by atoms with Crippen LogP contribution in [0.2, 0.25) is 0 Å². The molecular weight excluding hydrogens is 98.1 g/mol. The van der Waals surface area contributed by atoms with Crippen molar-refractivity contribution in [2.45, 2.75) is 0 Å². The third-order valence-electron chi connectivity index (χ3n) is 0.329. The lowest BCUT2D eigenvalue weighted by Gasteiger charge is -1.89. The first kappa shape index (κ1) is 3.74. The summed E-state index contributed by atoms with van der Waals surface area (Å²) in [5, 5.41) is 0. The van der Waals surface area contributed by atoms with Crippen molar-refractivity contribution in [1.29, 1.82) is 0 Å². The van der Waals surface area contributed by atoms with Gasteiger partial charge in [0.2, 0.25) is 12.2 Å². The Bertz CT molecular complexity index is 76.8. The van der Waals surface area contributed by atoms with Crippen LogP contribution < -0.4 is 0 Å². The van der Waals surface area contributed by atoms with Crippen molar-refractivity contribution in [3.8, 4) is 0 Å². The largest absolute Gasteiger partial charge is 0.411 e. The molecule has 0 aromatic heterocycles. The van der Waals surface area contributed by atoms with Crippen LogP contribution in [0.3, 0.4) is 0 Å². The maximum Gasteiger partial charge on any atom is 0.200 e. The first-order valence-corrected chi connectivity index (χ1v) is 2.12. The molecule has 0 bridgehead atoms. The Hall–Kier alpha value is -0.440. The summed E-state index contributed by atoms with van der Waals surface area (Å²) in [5.41, 5.74) is 0. The fourth-order valence-corrected chi connectivity index (χ4v) is 0.409. The predicted octanol–water partition coefficient (Wildman–Crippen LogP) is 0.967. The van der Waals surface area contributed by atoms with Gasteiger partial charge < -0.3 is 4.18 Å². The summed E-state index contributed by atoms with van der Waals surface area (Å²) in [6.45, 7) is 0. The molecule has 1 radical (unpaired) electrons. The van der Waals surface area contributed by atoms with E-state index in [-0.39, 0.29) is 0 Å². The zero-order valence-electron chi connectivity index (χ0n) is 2.92. The van der Waals surface area contributed by atoms with Crippen LogP contribution >= 0.6 is 12.2 Å². The lowest BCUT2D eigenvalue weighted by Crippen LogP contribution is -1.71. The molecule has 1 aliphatic heterocycles. The molecule has 0 N–H and O–H groups in total. The van der Waals surface area contributed by atoms with Gasteiger partial charge in [-0.1, -0.05) is 0 Å². The second-order valence-electron chi connectivity index (χ2n) is 0.690. The molecule has 0 aromatic carbocycles. The van der Waals surface area contributed by atoms with Gasteiger partial charge in [-0.3, -0.25) is 0 Å². The monoisotopic (exact) mass is 100.0 g/mol. The number of hydrogen-bond donors (Lipinski definition) is 0. The van der Waals surface area contributed by atoms with Crippen LogP contribution in [0.5, 0.6) is 0 Å². The SMILES string of the molecule is [C]1=COSN=C1. The summed E-state index contributed by atoms with van der Waals surface area (Å²) in [6.07, 6.45) is 5.63. The minimum Gasteiger partial charge on any atom is -0.411 e. The van der Waals surface area contributed by atoms with Gasteiger partial charge in [-0.15, -0.1) is 0 Å². The number of allylic oxidation sites excluding steroid dienone is 1. The molecule has 1 heterocycles. The van der Waals surface area contributed by atoms with Crippen LogP contribution in [0.4, 0.5) is 0 Å². The zero-order chi connectivity index (χ0) is 4.24. The Kier molecular flexibility index (Phi) is 1.17. The highest BCUT2D eigenvalue weighted by molar-refractivity contribution is 7.93. The van der Waals surface area contributed by atoms with Crippen molar-refractivity contribution >= 4 is 18.4 Å². The zero-order valence-corrected chi connectivity index (χ0v) is 3.73. The average Bonchev–Trinajstić information content (AvgIpc) is 1.72. The lowest BCUT2D eigenvalue weighted by atomic mass is 10.7. The molecule has 3 heteroatoms. The number of nitrogens with zero attached hydrogens (tertiary/aromatic N) is 1. The molecule has 0 spiro atoms. The van der Waals surface area contributed by atoms with Gasteiger partial charge in [0.25, 0.3) is 0 Å². The van der Waals surface area contributed by atoms with Crippen molar-refractivity contribution < 1.29 is 4.18 Å². The normalized spacial score (nSPS) is 17.3. The summed E-state index contributed by atoms with van der Waals surface area (Å²) in [6, 6.07) is 0. The fourth-order valence-electron chi connectivity index (χ4n) is 0.157. The van der Waals surface area contributed by atoms with E-state index in [1.165, 1.54) is 6.26 Å². The highest BCUT2D eigenvalue weighted by atomic mass is 32.2. The van der Waals surface area contributed by atoms with E-state index in [9.17, 15) is 0 Å². The minimum absolute atomic E-state index is 1.05. The van der Waals surface area contributed by atoms with Gasteiger partial charge in [-0.05, 0) is 0 Å². The molecule has 2 nitrogen and oxygen atoms in total. The Labute approximate surface area is 40.3 Å². The molecule has 0 saturated carbocycles. The topological polar surface area (TPSA) is 21.6 Å². The van der Waals surface area contributed by atoms with Gasteiger partial charge in [0.15, 0.2) is 0 Å². The van der Waals surface area contributed by atoms with E-state index in [2.05, 4.69) is 14.7 Å². The van der Waals surface area contributed by atoms with Gasteiger partial charge in [-0.25, -0.2) is 0 Å². The number of hydrogen-bond acceptors (Lipinski definition) is 3. The van der Waals surface area contributed by atoms with Gasteiger partial charge in [0.05, 0.1) is 0 Å². The van der Waals surface area contributed by atoms with Crippen LogP contribution in [0.15, 0.2) is 10.7 Å². The third kappa shape index (κ3) is 0.755. The summed E-state index contributed by atoms with van der Waals surface area (Å²) in [4.78, 5) is 0. The van der Waals surface area contributed by atoms with Crippen LogP contribution in [0, 0.1) is 6.08 Å². The van der Waals surface area contributed by atoms with Crippen molar-refractivity contribution in [2.75, 3.05) is 0 Å². The van der Waals surface area contributed by atoms with Crippen molar-refractivity contribution in [3.05, 3.63) is 12.3 Å². The van der Waals surface area contributed by atoms with E-state index in [0.717, 1.165) is 12.2 Å². The second-order valence-corrected chi connectivity index (χ2v) is 1.24. The van der Waals surface area contributed by atoms with Crippen molar-refractivity contribution in [1.82, 2.24) is 0 Å². The highest BCUT2D eigenvalue weighted by Crippen LogP contribution is 2.05. The summed E-state index contributed by atoms with van der Waals surface area (Å²) < 4.78 is 8.16. The quantitative estimate of drug-likeness (QED) is 0.334. The van der Waals surface area contributed by atoms with E-state index in [1.54, 1.807) is 6.21 Å². The van der Waals surface area contributed by atoms with E-state index >= 15 is 0 Å². The minimum atomic E-state index is 1.05. The molecule has 1 rings (SSSR count). The molecule has 0 saturated heterocycles. The summed E-state index contributed by atoms with van der Waals surface area (Å²) in [5.74, 6) is 0. The summed E-state index contributed by atoms with van der Waals surface area (Å²) >= 11 is 1.05. The summed E-state index contributed by atoms with van der Waals surface area (Å²) in [7, 11) is 0. The maximum absolute atomic E-state index is 4.55. The lowest BCUT2D eigenvalue weighted by molar-refractivity contribution is 0.563. The molecule has 6 heavy (non-hydrogen) atoms. The average molecular weight is 100 g/mol.